The second-order valence-corrected chi connectivity index (χ2v) is 11.9. The molecule has 0 radical (unpaired) electrons. The van der Waals surface area contributed by atoms with Crippen molar-refractivity contribution in [2.75, 3.05) is 24.5 Å². The van der Waals surface area contributed by atoms with Crippen LogP contribution in [0.4, 0.5) is 5.69 Å². The van der Waals surface area contributed by atoms with Crippen LogP contribution in [0.5, 0.6) is 0 Å². The number of hydrogen-bond donors (Lipinski definition) is 1. The first-order chi connectivity index (χ1) is 15.2. The molecule has 32 heavy (non-hydrogen) atoms. The number of carbonyl (C=O) groups excluding carboxylic acids is 2. The maximum atomic E-state index is 13.3. The van der Waals surface area contributed by atoms with Crippen molar-refractivity contribution < 1.29 is 18.0 Å². The molecule has 2 fully saturated rings. The molecule has 176 valence electrons. The molecule has 2 heterocycles. The minimum atomic E-state index is -3.62. The van der Waals surface area contributed by atoms with Gasteiger partial charge in [0.25, 0.3) is 0 Å². The van der Waals surface area contributed by atoms with Gasteiger partial charge < -0.3 is 10.2 Å². The molecule has 0 unspecified atom stereocenters. The van der Waals surface area contributed by atoms with Crippen molar-refractivity contribution in [3.8, 4) is 0 Å². The lowest BCUT2D eigenvalue weighted by Crippen LogP contribution is -2.43. The van der Waals surface area contributed by atoms with Gasteiger partial charge in [-0.05, 0) is 75.1 Å². The number of nitrogens with zero attached hydrogens (tertiary/aromatic N) is 2. The van der Waals surface area contributed by atoms with E-state index in [0.29, 0.717) is 44.8 Å². The van der Waals surface area contributed by atoms with Crippen LogP contribution in [0.25, 0.3) is 0 Å². The highest BCUT2D eigenvalue weighted by atomic mass is 32.2. The van der Waals surface area contributed by atoms with Crippen LogP contribution in [0.15, 0.2) is 23.1 Å². The summed E-state index contributed by atoms with van der Waals surface area (Å²) in [6.07, 6.45) is 4.61. The smallest absolute Gasteiger partial charge is 0.243 e. The average Bonchev–Trinajstić information content (AvgIpc) is 3.55. The summed E-state index contributed by atoms with van der Waals surface area (Å²) in [6.45, 7) is 7.64. The van der Waals surface area contributed by atoms with Gasteiger partial charge in [0.05, 0.1) is 4.90 Å². The highest BCUT2D eigenvalue weighted by molar-refractivity contribution is 7.89. The van der Waals surface area contributed by atoms with E-state index < -0.39 is 10.0 Å². The quantitative estimate of drug-likeness (QED) is 0.676. The molecule has 1 aliphatic carbocycles. The number of sulfonamides is 1. The van der Waals surface area contributed by atoms with Crippen molar-refractivity contribution in [3.63, 3.8) is 0 Å². The number of piperidine rings is 1. The normalized spacial score (nSPS) is 22.2. The third-order valence-corrected chi connectivity index (χ3v) is 8.81. The van der Waals surface area contributed by atoms with E-state index in [1.807, 2.05) is 11.8 Å². The van der Waals surface area contributed by atoms with Gasteiger partial charge >= 0.3 is 0 Å². The molecule has 2 aliphatic heterocycles. The fourth-order valence-corrected chi connectivity index (χ4v) is 6.29. The Morgan fingerprint density at radius 3 is 2.41 bits per heavy atom. The predicted molar refractivity (Wildman–Crippen MR) is 124 cm³/mol. The summed E-state index contributed by atoms with van der Waals surface area (Å²) in [5.74, 6) is 0.749. The van der Waals surface area contributed by atoms with Gasteiger partial charge in [-0.2, -0.15) is 4.31 Å². The van der Waals surface area contributed by atoms with E-state index in [1.165, 1.54) is 4.31 Å². The molecular weight excluding hydrogens is 426 g/mol. The summed E-state index contributed by atoms with van der Waals surface area (Å²) < 4.78 is 28.0. The van der Waals surface area contributed by atoms with Crippen molar-refractivity contribution in [2.24, 2.45) is 17.8 Å². The summed E-state index contributed by atoms with van der Waals surface area (Å²) in [7, 11) is -3.62. The number of carbonyl (C=O) groups is 2. The Hall–Kier alpha value is -1.93. The van der Waals surface area contributed by atoms with Crippen molar-refractivity contribution in [3.05, 3.63) is 23.8 Å². The van der Waals surface area contributed by atoms with Crippen LogP contribution in [-0.2, 0) is 26.0 Å². The van der Waals surface area contributed by atoms with E-state index in [9.17, 15) is 18.0 Å². The zero-order valence-corrected chi connectivity index (χ0v) is 20.2. The number of rotatable bonds is 7. The average molecular weight is 462 g/mol. The molecule has 2 amide bonds. The van der Waals surface area contributed by atoms with Crippen LogP contribution in [0, 0.1) is 17.8 Å². The standard InChI is InChI=1S/C24H35N3O4S/c1-16(2)8-11-25-23(28)18-9-12-26(13-10-18)32(30,31)21-6-7-22-20(15-21)14-17(3)27(22)24(29)19-4-5-19/h6-7,15-19H,4-5,8-14H2,1-3H3,(H,25,28)/t17-/m1/s1. The topological polar surface area (TPSA) is 86.8 Å². The number of hydrogen-bond acceptors (Lipinski definition) is 4. The van der Waals surface area contributed by atoms with E-state index in [-0.39, 0.29) is 34.6 Å². The first-order valence-electron chi connectivity index (χ1n) is 11.9. The molecule has 8 heteroatoms. The largest absolute Gasteiger partial charge is 0.356 e. The van der Waals surface area contributed by atoms with E-state index in [0.717, 1.165) is 30.5 Å². The molecule has 0 aromatic heterocycles. The van der Waals surface area contributed by atoms with Crippen LogP contribution in [0.1, 0.15) is 58.4 Å². The van der Waals surface area contributed by atoms with Crippen LogP contribution in [0.2, 0.25) is 0 Å². The first-order valence-corrected chi connectivity index (χ1v) is 13.4. The second kappa shape index (κ2) is 9.14. The van der Waals surface area contributed by atoms with Gasteiger partial charge in [-0.15, -0.1) is 0 Å². The summed E-state index contributed by atoms with van der Waals surface area (Å²) in [4.78, 5) is 27.2. The number of fused-ring (bicyclic) bond motifs is 1. The van der Waals surface area contributed by atoms with Gasteiger partial charge in [-0.3, -0.25) is 9.59 Å². The van der Waals surface area contributed by atoms with Gasteiger partial charge in [0.15, 0.2) is 0 Å². The lowest BCUT2D eigenvalue weighted by atomic mass is 9.97. The van der Waals surface area contributed by atoms with Gasteiger partial charge in [-0.25, -0.2) is 8.42 Å². The summed E-state index contributed by atoms with van der Waals surface area (Å²) in [6, 6.07) is 5.22. The molecule has 1 saturated heterocycles. The Morgan fingerprint density at radius 2 is 1.78 bits per heavy atom. The predicted octanol–water partition coefficient (Wildman–Crippen LogP) is 2.94. The third-order valence-electron chi connectivity index (χ3n) is 6.91. The number of benzene rings is 1. The fraction of sp³-hybridized carbons (Fsp3) is 0.667. The highest BCUT2D eigenvalue weighted by Crippen LogP contribution is 2.40. The SMILES string of the molecule is CC(C)CCNC(=O)C1CCN(S(=O)(=O)c2ccc3c(c2)C[C@@H](C)N3C(=O)C2CC2)CC1. The molecule has 7 nitrogen and oxygen atoms in total. The van der Waals surface area contributed by atoms with Gasteiger partial charge in [0, 0.05) is 43.2 Å². The zero-order chi connectivity index (χ0) is 23.0. The number of anilines is 1. The molecule has 0 bridgehead atoms. The molecular formula is C24H35N3O4S. The summed E-state index contributed by atoms with van der Waals surface area (Å²) in [5.41, 5.74) is 1.78. The summed E-state index contributed by atoms with van der Waals surface area (Å²) >= 11 is 0. The summed E-state index contributed by atoms with van der Waals surface area (Å²) in [5, 5.41) is 2.99. The lowest BCUT2D eigenvalue weighted by Gasteiger charge is -2.30. The van der Waals surface area contributed by atoms with Gasteiger partial charge in [0.2, 0.25) is 21.8 Å². The maximum absolute atomic E-state index is 13.3. The van der Waals surface area contributed by atoms with Crippen LogP contribution in [-0.4, -0.2) is 50.2 Å². The van der Waals surface area contributed by atoms with Crippen LogP contribution in [0.3, 0.4) is 0 Å². The highest BCUT2D eigenvalue weighted by Gasteiger charge is 2.40. The molecule has 0 spiro atoms. The van der Waals surface area contributed by atoms with E-state index in [2.05, 4.69) is 19.2 Å². The number of nitrogens with one attached hydrogen (secondary N) is 1. The van der Waals surface area contributed by atoms with Crippen molar-refractivity contribution in [2.45, 2.75) is 70.2 Å². The fourth-order valence-electron chi connectivity index (χ4n) is 4.77. The van der Waals surface area contributed by atoms with Crippen LogP contribution >= 0.6 is 0 Å². The minimum Gasteiger partial charge on any atom is -0.356 e. The molecule has 1 aromatic rings. The Bertz CT molecular complexity index is 979. The van der Waals surface area contributed by atoms with Crippen molar-refractivity contribution >= 4 is 27.5 Å². The first kappa shape index (κ1) is 23.2. The molecule has 1 saturated carbocycles. The van der Waals surface area contributed by atoms with E-state index >= 15 is 0 Å². The van der Waals surface area contributed by atoms with Crippen molar-refractivity contribution in [1.82, 2.24) is 9.62 Å². The Morgan fingerprint density at radius 1 is 1.09 bits per heavy atom. The lowest BCUT2D eigenvalue weighted by molar-refractivity contribution is -0.126. The Labute approximate surface area is 191 Å². The Balaban J connectivity index is 1.40. The molecule has 3 aliphatic rings. The van der Waals surface area contributed by atoms with Gasteiger partial charge in [-0.1, -0.05) is 13.8 Å². The second-order valence-electron chi connectivity index (χ2n) is 9.98. The maximum Gasteiger partial charge on any atom is 0.243 e. The van der Waals surface area contributed by atoms with Crippen LogP contribution < -0.4 is 10.2 Å². The zero-order valence-electron chi connectivity index (χ0n) is 19.3. The molecule has 1 N–H and O–H groups in total. The Kier molecular flexibility index (Phi) is 6.63. The third kappa shape index (κ3) is 4.71. The molecule has 1 aromatic carbocycles. The van der Waals surface area contributed by atoms with Crippen molar-refractivity contribution in [1.29, 1.82) is 0 Å². The molecule has 1 atom stereocenters. The minimum absolute atomic E-state index is 0.0367. The monoisotopic (exact) mass is 461 g/mol. The van der Waals surface area contributed by atoms with E-state index in [4.69, 9.17) is 0 Å². The molecule has 4 rings (SSSR count). The number of amides is 2. The van der Waals surface area contributed by atoms with E-state index in [1.54, 1.807) is 18.2 Å². The van der Waals surface area contributed by atoms with Gasteiger partial charge in [0.1, 0.15) is 0 Å².